The van der Waals surface area contributed by atoms with Crippen molar-refractivity contribution < 1.29 is 19.0 Å². The summed E-state index contributed by atoms with van der Waals surface area (Å²) in [6.07, 6.45) is 1.94. The number of allylic oxidation sites excluding steroid dienone is 1. The van der Waals surface area contributed by atoms with Crippen molar-refractivity contribution in [2.75, 3.05) is 12.4 Å². The SMILES string of the molecule is C=C(C)C1Oc2ccc(OC(C)=O)c(OC)c2-c2ccc3c(c21)C(C)=CC(C)(C)N3. The molecule has 2 aromatic rings. The van der Waals surface area contributed by atoms with Crippen molar-refractivity contribution in [3.8, 4) is 28.4 Å². The lowest BCUT2D eigenvalue weighted by Gasteiger charge is -2.37. The topological polar surface area (TPSA) is 56.8 Å². The van der Waals surface area contributed by atoms with Gasteiger partial charge in [-0.1, -0.05) is 18.7 Å². The highest BCUT2D eigenvalue weighted by Gasteiger charge is 2.36. The molecule has 1 atom stereocenters. The molecule has 2 aliphatic rings. The summed E-state index contributed by atoms with van der Waals surface area (Å²) >= 11 is 0. The molecule has 5 nitrogen and oxygen atoms in total. The maximum Gasteiger partial charge on any atom is 0.308 e. The van der Waals surface area contributed by atoms with Crippen molar-refractivity contribution in [2.24, 2.45) is 0 Å². The highest BCUT2D eigenvalue weighted by molar-refractivity contribution is 5.93. The Morgan fingerprint density at radius 3 is 2.53 bits per heavy atom. The summed E-state index contributed by atoms with van der Waals surface area (Å²) in [5, 5.41) is 3.60. The Balaban J connectivity index is 2.04. The molecule has 0 aliphatic carbocycles. The van der Waals surface area contributed by atoms with Gasteiger partial charge in [-0.2, -0.15) is 0 Å². The molecule has 30 heavy (non-hydrogen) atoms. The Bertz CT molecular complexity index is 1110. The highest BCUT2D eigenvalue weighted by atomic mass is 16.6. The van der Waals surface area contributed by atoms with Crippen LogP contribution in [0.5, 0.6) is 17.2 Å². The van der Waals surface area contributed by atoms with Gasteiger partial charge in [0.25, 0.3) is 0 Å². The quantitative estimate of drug-likeness (QED) is 0.391. The summed E-state index contributed by atoms with van der Waals surface area (Å²) in [7, 11) is 1.57. The van der Waals surface area contributed by atoms with Gasteiger partial charge in [-0.25, -0.2) is 0 Å². The first kappa shape index (κ1) is 20.1. The van der Waals surface area contributed by atoms with Gasteiger partial charge >= 0.3 is 5.97 Å². The molecule has 0 aromatic heterocycles. The fourth-order valence-electron chi connectivity index (χ4n) is 4.50. The second kappa shape index (κ2) is 6.94. The maximum atomic E-state index is 11.6. The first-order chi connectivity index (χ1) is 14.1. The number of carbonyl (C=O) groups is 1. The number of hydrogen-bond acceptors (Lipinski definition) is 5. The fourth-order valence-corrected chi connectivity index (χ4v) is 4.50. The minimum atomic E-state index is -0.402. The second-order valence-electron chi connectivity index (χ2n) is 8.53. The number of rotatable bonds is 3. The zero-order valence-electron chi connectivity index (χ0n) is 18.3. The first-order valence-corrected chi connectivity index (χ1v) is 9.99. The third kappa shape index (κ3) is 3.15. The van der Waals surface area contributed by atoms with Crippen LogP contribution in [0.3, 0.4) is 0 Å². The second-order valence-corrected chi connectivity index (χ2v) is 8.53. The lowest BCUT2D eigenvalue weighted by atomic mass is 9.80. The van der Waals surface area contributed by atoms with Crippen LogP contribution in [-0.2, 0) is 4.79 Å². The Labute approximate surface area is 177 Å². The van der Waals surface area contributed by atoms with E-state index in [1.807, 2.05) is 13.0 Å². The third-order valence-electron chi connectivity index (χ3n) is 5.44. The lowest BCUT2D eigenvalue weighted by molar-refractivity contribution is -0.132. The summed E-state index contributed by atoms with van der Waals surface area (Å²) in [4.78, 5) is 11.6. The zero-order chi connectivity index (χ0) is 21.8. The standard InChI is InChI=1S/C25H27NO4/c1-13(2)23-22-16(8-9-17-20(22)14(3)12-25(5,6)26-17)21-18(30-23)10-11-19(24(21)28-7)29-15(4)27/h8-12,23,26H,1H2,2-7H3. The van der Waals surface area contributed by atoms with E-state index in [1.54, 1.807) is 13.2 Å². The smallest absolute Gasteiger partial charge is 0.308 e. The van der Waals surface area contributed by atoms with Gasteiger partial charge in [-0.15, -0.1) is 0 Å². The molecule has 4 rings (SSSR count). The van der Waals surface area contributed by atoms with E-state index in [1.165, 1.54) is 12.5 Å². The van der Waals surface area contributed by atoms with Crippen molar-refractivity contribution in [3.05, 3.63) is 53.6 Å². The van der Waals surface area contributed by atoms with Crippen molar-refractivity contribution in [1.82, 2.24) is 0 Å². The van der Waals surface area contributed by atoms with Crippen LogP contribution in [0.4, 0.5) is 5.69 Å². The summed E-state index contributed by atoms with van der Waals surface area (Å²) in [5.41, 5.74) is 6.94. The van der Waals surface area contributed by atoms with E-state index in [9.17, 15) is 4.79 Å². The number of anilines is 1. The molecule has 1 N–H and O–H groups in total. The van der Waals surface area contributed by atoms with Crippen LogP contribution < -0.4 is 19.5 Å². The first-order valence-electron chi connectivity index (χ1n) is 9.99. The van der Waals surface area contributed by atoms with E-state index >= 15 is 0 Å². The van der Waals surface area contributed by atoms with Gasteiger partial charge in [0, 0.05) is 23.7 Å². The van der Waals surface area contributed by atoms with E-state index in [-0.39, 0.29) is 11.6 Å². The number of ether oxygens (including phenoxy) is 3. The Hall–Kier alpha value is -3.21. The molecule has 5 heteroatoms. The number of hydrogen-bond donors (Lipinski definition) is 1. The summed E-state index contributed by atoms with van der Waals surface area (Å²) < 4.78 is 17.5. The van der Waals surface area contributed by atoms with Crippen LogP contribution >= 0.6 is 0 Å². The van der Waals surface area contributed by atoms with Crippen molar-refractivity contribution in [3.63, 3.8) is 0 Å². The molecule has 156 valence electrons. The molecule has 2 aromatic carbocycles. The Morgan fingerprint density at radius 2 is 1.90 bits per heavy atom. The molecule has 0 fully saturated rings. The van der Waals surface area contributed by atoms with E-state index in [2.05, 4.69) is 50.9 Å². The maximum absolute atomic E-state index is 11.6. The van der Waals surface area contributed by atoms with Crippen LogP contribution in [0.25, 0.3) is 16.7 Å². The minimum absolute atomic E-state index is 0.141. The summed E-state index contributed by atoms with van der Waals surface area (Å²) in [6.45, 7) is 14.0. The number of carbonyl (C=O) groups excluding carboxylic acids is 1. The number of methoxy groups -OCH3 is 1. The average Bonchev–Trinajstić information content (AvgIpc) is 2.64. The van der Waals surface area contributed by atoms with Crippen LogP contribution in [-0.4, -0.2) is 18.6 Å². The van der Waals surface area contributed by atoms with Gasteiger partial charge < -0.3 is 19.5 Å². The zero-order valence-corrected chi connectivity index (χ0v) is 18.3. The monoisotopic (exact) mass is 405 g/mol. The number of fused-ring (bicyclic) bond motifs is 5. The average molecular weight is 405 g/mol. The number of esters is 1. The normalized spacial score (nSPS) is 17.9. The number of benzene rings is 2. The Morgan fingerprint density at radius 1 is 1.17 bits per heavy atom. The summed E-state index contributed by atoms with van der Waals surface area (Å²) in [6, 6.07) is 7.69. The van der Waals surface area contributed by atoms with Crippen LogP contribution in [0.2, 0.25) is 0 Å². The predicted octanol–water partition coefficient (Wildman–Crippen LogP) is 5.90. The van der Waals surface area contributed by atoms with E-state index in [0.717, 1.165) is 33.5 Å². The van der Waals surface area contributed by atoms with Crippen molar-refractivity contribution in [1.29, 1.82) is 0 Å². The van der Waals surface area contributed by atoms with E-state index in [4.69, 9.17) is 14.2 Å². The molecule has 0 saturated heterocycles. The van der Waals surface area contributed by atoms with Gasteiger partial charge in [0.05, 0.1) is 18.2 Å². The van der Waals surface area contributed by atoms with E-state index in [0.29, 0.717) is 17.2 Å². The molecule has 0 saturated carbocycles. The van der Waals surface area contributed by atoms with Gasteiger partial charge in [0.15, 0.2) is 11.5 Å². The lowest BCUT2D eigenvalue weighted by Crippen LogP contribution is -2.32. The predicted molar refractivity (Wildman–Crippen MR) is 119 cm³/mol. The molecular formula is C25H27NO4. The highest BCUT2D eigenvalue weighted by Crippen LogP contribution is 2.55. The third-order valence-corrected chi connectivity index (χ3v) is 5.44. The number of nitrogens with one attached hydrogen (secondary N) is 1. The molecule has 2 aliphatic heterocycles. The molecule has 0 radical (unpaired) electrons. The van der Waals surface area contributed by atoms with Crippen molar-refractivity contribution >= 4 is 17.2 Å². The van der Waals surface area contributed by atoms with Crippen LogP contribution in [0, 0.1) is 0 Å². The van der Waals surface area contributed by atoms with Crippen molar-refractivity contribution in [2.45, 2.75) is 46.3 Å². The molecular weight excluding hydrogens is 378 g/mol. The van der Waals surface area contributed by atoms with Gasteiger partial charge in [-0.3, -0.25) is 4.79 Å². The molecule has 0 spiro atoms. The largest absolute Gasteiger partial charge is 0.492 e. The minimum Gasteiger partial charge on any atom is -0.492 e. The Kier molecular flexibility index (Phi) is 4.64. The van der Waals surface area contributed by atoms with Crippen LogP contribution in [0.15, 0.2) is 42.5 Å². The van der Waals surface area contributed by atoms with Gasteiger partial charge in [-0.05, 0) is 62.6 Å². The van der Waals surface area contributed by atoms with E-state index < -0.39 is 5.97 Å². The van der Waals surface area contributed by atoms with Crippen LogP contribution in [0.1, 0.15) is 51.8 Å². The van der Waals surface area contributed by atoms with Gasteiger partial charge in [0.2, 0.25) is 0 Å². The molecule has 1 unspecified atom stereocenters. The summed E-state index contributed by atoms with van der Waals surface area (Å²) in [5.74, 6) is 1.13. The fraction of sp³-hybridized carbons (Fsp3) is 0.320. The molecule has 2 heterocycles. The van der Waals surface area contributed by atoms with Gasteiger partial charge in [0.1, 0.15) is 11.9 Å². The molecule has 0 bridgehead atoms. The molecule has 0 amide bonds.